The van der Waals surface area contributed by atoms with Gasteiger partial charge in [0.15, 0.2) is 0 Å². The lowest BCUT2D eigenvalue weighted by molar-refractivity contribution is -0.384. The summed E-state index contributed by atoms with van der Waals surface area (Å²) >= 11 is 0. The van der Waals surface area contributed by atoms with Crippen LogP contribution in [0, 0.1) is 10.1 Å². The van der Waals surface area contributed by atoms with Crippen molar-refractivity contribution in [2.45, 2.75) is 25.7 Å². The van der Waals surface area contributed by atoms with Gasteiger partial charge in [0.25, 0.3) is 11.6 Å². The molecule has 1 heterocycles. The van der Waals surface area contributed by atoms with Crippen molar-refractivity contribution in [3.63, 3.8) is 0 Å². The maximum atomic E-state index is 12.6. The summed E-state index contributed by atoms with van der Waals surface area (Å²) in [6.07, 6.45) is 4.26. The zero-order valence-corrected chi connectivity index (χ0v) is 11.6. The Hall–Kier alpha value is -2.11. The first-order valence-electron chi connectivity index (χ1n) is 6.89. The lowest BCUT2D eigenvalue weighted by atomic mass is 10.1. The Kier molecular flexibility index (Phi) is 4.55. The van der Waals surface area contributed by atoms with Gasteiger partial charge in [0.1, 0.15) is 5.69 Å². The van der Waals surface area contributed by atoms with E-state index in [0.717, 1.165) is 38.8 Å². The number of rotatable bonds is 3. The quantitative estimate of drug-likeness (QED) is 0.680. The van der Waals surface area contributed by atoms with Crippen molar-refractivity contribution in [3.8, 4) is 0 Å². The summed E-state index contributed by atoms with van der Waals surface area (Å²) < 4.78 is 0. The Labute approximate surface area is 117 Å². The van der Waals surface area contributed by atoms with Crippen LogP contribution in [0.5, 0.6) is 0 Å². The predicted octanol–water partition coefficient (Wildman–Crippen LogP) is 2.65. The molecule has 1 aromatic carbocycles. The van der Waals surface area contributed by atoms with Crippen molar-refractivity contribution in [2.75, 3.05) is 25.5 Å². The Morgan fingerprint density at radius 2 is 1.90 bits per heavy atom. The number of nitro benzene ring substituents is 1. The van der Waals surface area contributed by atoms with Gasteiger partial charge in [-0.2, -0.15) is 0 Å². The third-order valence-electron chi connectivity index (χ3n) is 3.61. The molecule has 1 N–H and O–H groups in total. The Morgan fingerprint density at radius 1 is 1.25 bits per heavy atom. The number of amides is 1. The maximum Gasteiger partial charge on any atom is 0.293 e. The minimum Gasteiger partial charge on any atom is -0.382 e. The first kappa shape index (κ1) is 14.3. The number of para-hydroxylation sites is 1. The smallest absolute Gasteiger partial charge is 0.293 e. The SMILES string of the molecule is CNc1c(C(=O)N2CCCCCC2)cccc1[N+](=O)[O-]. The van der Waals surface area contributed by atoms with Gasteiger partial charge in [0.2, 0.25) is 0 Å². The molecule has 2 rings (SSSR count). The van der Waals surface area contributed by atoms with Gasteiger partial charge in [-0.05, 0) is 18.9 Å². The fraction of sp³-hybridized carbons (Fsp3) is 0.500. The van der Waals surface area contributed by atoms with Crippen molar-refractivity contribution >= 4 is 17.3 Å². The summed E-state index contributed by atoms with van der Waals surface area (Å²) in [4.78, 5) is 24.9. The molecule has 108 valence electrons. The monoisotopic (exact) mass is 277 g/mol. The fourth-order valence-corrected chi connectivity index (χ4v) is 2.58. The molecule has 0 saturated carbocycles. The van der Waals surface area contributed by atoms with Crippen LogP contribution < -0.4 is 5.32 Å². The molecule has 6 nitrogen and oxygen atoms in total. The summed E-state index contributed by atoms with van der Waals surface area (Å²) in [5, 5.41) is 13.8. The van der Waals surface area contributed by atoms with Crippen LogP contribution in [0.3, 0.4) is 0 Å². The molecule has 1 amide bonds. The van der Waals surface area contributed by atoms with E-state index in [0.29, 0.717) is 11.3 Å². The number of nitrogens with zero attached hydrogens (tertiary/aromatic N) is 2. The van der Waals surface area contributed by atoms with E-state index in [2.05, 4.69) is 5.32 Å². The summed E-state index contributed by atoms with van der Waals surface area (Å²) in [5.41, 5.74) is 0.614. The van der Waals surface area contributed by atoms with Crippen molar-refractivity contribution < 1.29 is 9.72 Å². The van der Waals surface area contributed by atoms with E-state index in [1.54, 1.807) is 24.1 Å². The minimum absolute atomic E-state index is 0.0619. The number of anilines is 1. The van der Waals surface area contributed by atoms with Gasteiger partial charge in [0, 0.05) is 26.2 Å². The van der Waals surface area contributed by atoms with Gasteiger partial charge in [-0.15, -0.1) is 0 Å². The molecule has 0 atom stereocenters. The van der Waals surface area contributed by atoms with E-state index >= 15 is 0 Å². The topological polar surface area (TPSA) is 75.5 Å². The molecule has 1 aliphatic rings. The summed E-state index contributed by atoms with van der Waals surface area (Å²) in [7, 11) is 1.60. The molecular weight excluding hydrogens is 258 g/mol. The number of benzene rings is 1. The van der Waals surface area contributed by atoms with Crippen molar-refractivity contribution in [1.82, 2.24) is 4.90 Å². The highest BCUT2D eigenvalue weighted by Gasteiger charge is 2.24. The average Bonchev–Trinajstić information content (AvgIpc) is 2.74. The highest BCUT2D eigenvalue weighted by molar-refractivity contribution is 6.01. The maximum absolute atomic E-state index is 12.6. The second kappa shape index (κ2) is 6.36. The highest BCUT2D eigenvalue weighted by Crippen LogP contribution is 2.29. The Balaban J connectivity index is 2.33. The van der Waals surface area contributed by atoms with Crippen LogP contribution >= 0.6 is 0 Å². The van der Waals surface area contributed by atoms with Gasteiger partial charge >= 0.3 is 0 Å². The molecule has 0 bridgehead atoms. The molecular formula is C14H19N3O3. The van der Waals surface area contributed by atoms with Crippen LogP contribution in [-0.2, 0) is 0 Å². The summed E-state index contributed by atoms with van der Waals surface area (Å²) in [6, 6.07) is 4.61. The molecule has 0 unspecified atom stereocenters. The molecule has 1 saturated heterocycles. The van der Waals surface area contributed by atoms with Gasteiger partial charge < -0.3 is 10.2 Å². The summed E-state index contributed by atoms with van der Waals surface area (Å²) in [5.74, 6) is -0.125. The van der Waals surface area contributed by atoms with Gasteiger partial charge in [-0.1, -0.05) is 18.9 Å². The van der Waals surface area contributed by atoms with E-state index in [1.165, 1.54) is 6.07 Å². The van der Waals surface area contributed by atoms with E-state index in [-0.39, 0.29) is 11.6 Å². The van der Waals surface area contributed by atoms with Crippen LogP contribution in [0.4, 0.5) is 11.4 Å². The third-order valence-corrected chi connectivity index (χ3v) is 3.61. The largest absolute Gasteiger partial charge is 0.382 e. The number of nitro groups is 1. The van der Waals surface area contributed by atoms with Crippen LogP contribution in [-0.4, -0.2) is 35.9 Å². The second-order valence-electron chi connectivity index (χ2n) is 4.91. The molecule has 1 aliphatic heterocycles. The van der Waals surface area contributed by atoms with Crippen LogP contribution in [0.2, 0.25) is 0 Å². The first-order valence-corrected chi connectivity index (χ1v) is 6.89. The molecule has 0 spiro atoms. The third kappa shape index (κ3) is 2.89. The lowest BCUT2D eigenvalue weighted by Crippen LogP contribution is -2.32. The highest BCUT2D eigenvalue weighted by atomic mass is 16.6. The Morgan fingerprint density at radius 3 is 2.45 bits per heavy atom. The van der Waals surface area contributed by atoms with Gasteiger partial charge in [-0.25, -0.2) is 0 Å². The van der Waals surface area contributed by atoms with Crippen molar-refractivity contribution in [2.24, 2.45) is 0 Å². The molecule has 1 fully saturated rings. The van der Waals surface area contributed by atoms with E-state index in [9.17, 15) is 14.9 Å². The van der Waals surface area contributed by atoms with E-state index in [1.807, 2.05) is 0 Å². The zero-order chi connectivity index (χ0) is 14.5. The van der Waals surface area contributed by atoms with Crippen molar-refractivity contribution in [1.29, 1.82) is 0 Å². The van der Waals surface area contributed by atoms with Crippen LogP contribution in [0.1, 0.15) is 36.0 Å². The van der Waals surface area contributed by atoms with Gasteiger partial charge in [-0.3, -0.25) is 14.9 Å². The Bertz CT molecular complexity index is 508. The number of nitrogens with one attached hydrogen (secondary N) is 1. The van der Waals surface area contributed by atoms with Crippen molar-refractivity contribution in [3.05, 3.63) is 33.9 Å². The molecule has 0 aliphatic carbocycles. The minimum atomic E-state index is -0.467. The molecule has 0 aromatic heterocycles. The standard InChI is InChI=1S/C14H19N3O3/c1-15-13-11(7-6-8-12(13)17(19)20)14(18)16-9-4-2-3-5-10-16/h6-8,15H,2-5,9-10H2,1H3. The zero-order valence-electron chi connectivity index (χ0n) is 11.6. The van der Waals surface area contributed by atoms with E-state index in [4.69, 9.17) is 0 Å². The van der Waals surface area contributed by atoms with Gasteiger partial charge in [0.05, 0.1) is 10.5 Å². The predicted molar refractivity (Wildman–Crippen MR) is 77.0 cm³/mol. The van der Waals surface area contributed by atoms with Crippen LogP contribution in [0.25, 0.3) is 0 Å². The summed E-state index contributed by atoms with van der Waals surface area (Å²) in [6.45, 7) is 1.45. The number of hydrogen-bond donors (Lipinski definition) is 1. The average molecular weight is 277 g/mol. The molecule has 1 aromatic rings. The molecule has 20 heavy (non-hydrogen) atoms. The normalized spacial score (nSPS) is 15.6. The second-order valence-corrected chi connectivity index (χ2v) is 4.91. The fourth-order valence-electron chi connectivity index (χ4n) is 2.58. The number of carbonyl (C=O) groups excluding carboxylic acids is 1. The number of carbonyl (C=O) groups is 1. The molecule has 0 radical (unpaired) electrons. The number of likely N-dealkylation sites (tertiary alicyclic amines) is 1. The first-order chi connectivity index (χ1) is 9.65. The molecule has 6 heteroatoms. The lowest BCUT2D eigenvalue weighted by Gasteiger charge is -2.21. The number of hydrogen-bond acceptors (Lipinski definition) is 4. The van der Waals surface area contributed by atoms with Crippen LogP contribution in [0.15, 0.2) is 18.2 Å². The van der Waals surface area contributed by atoms with E-state index < -0.39 is 4.92 Å².